The van der Waals surface area contributed by atoms with Gasteiger partial charge in [-0.05, 0) is 21.5 Å². The highest BCUT2D eigenvalue weighted by molar-refractivity contribution is 9.10. The third-order valence-corrected chi connectivity index (χ3v) is 3.68. The molecule has 0 atom stereocenters. The van der Waals surface area contributed by atoms with E-state index in [1.807, 2.05) is 53.2 Å². The number of nitrogens with zero attached hydrogens (tertiary/aromatic N) is 3. The molecule has 3 nitrogen and oxygen atoms in total. The monoisotopic (exact) mass is 313 g/mol. The molecule has 0 bridgehead atoms. The van der Waals surface area contributed by atoms with Crippen LogP contribution in [0.15, 0.2) is 65.3 Å². The predicted molar refractivity (Wildman–Crippen MR) is 78.7 cm³/mol. The quantitative estimate of drug-likeness (QED) is 0.737. The zero-order valence-corrected chi connectivity index (χ0v) is 11.8. The molecule has 3 rings (SSSR count). The van der Waals surface area contributed by atoms with E-state index < -0.39 is 0 Å². The van der Waals surface area contributed by atoms with Crippen LogP contribution in [0.4, 0.5) is 0 Å². The van der Waals surface area contributed by atoms with Crippen molar-refractivity contribution in [2.45, 2.75) is 6.54 Å². The van der Waals surface area contributed by atoms with Gasteiger partial charge in [0, 0.05) is 5.56 Å². The summed E-state index contributed by atoms with van der Waals surface area (Å²) in [5, 5.41) is 8.46. The van der Waals surface area contributed by atoms with Crippen molar-refractivity contribution in [2.75, 3.05) is 0 Å². The van der Waals surface area contributed by atoms with Crippen LogP contribution in [0.3, 0.4) is 0 Å². The van der Waals surface area contributed by atoms with Crippen LogP contribution in [0, 0.1) is 0 Å². The average Bonchev–Trinajstić information content (AvgIpc) is 2.82. The Kier molecular flexibility index (Phi) is 3.42. The van der Waals surface area contributed by atoms with Crippen molar-refractivity contribution in [3.63, 3.8) is 0 Å². The summed E-state index contributed by atoms with van der Waals surface area (Å²) in [6.45, 7) is 0.710. The Morgan fingerprint density at radius 1 is 0.895 bits per heavy atom. The fourth-order valence-corrected chi connectivity index (χ4v) is 2.44. The fourth-order valence-electron chi connectivity index (χ4n) is 1.93. The topological polar surface area (TPSA) is 30.7 Å². The minimum absolute atomic E-state index is 0.710. The van der Waals surface area contributed by atoms with E-state index in [4.69, 9.17) is 0 Å². The molecule has 0 N–H and O–H groups in total. The third kappa shape index (κ3) is 2.58. The van der Waals surface area contributed by atoms with Gasteiger partial charge in [-0.1, -0.05) is 65.9 Å². The minimum Gasteiger partial charge on any atom is -0.233 e. The first-order valence-electron chi connectivity index (χ1n) is 6.03. The van der Waals surface area contributed by atoms with E-state index in [9.17, 15) is 0 Å². The lowest BCUT2D eigenvalue weighted by molar-refractivity contribution is 0.638. The molecule has 0 aliphatic carbocycles. The second-order valence-corrected chi connectivity index (χ2v) is 4.99. The molecule has 0 fully saturated rings. The van der Waals surface area contributed by atoms with Crippen LogP contribution in [0.1, 0.15) is 5.56 Å². The maximum Gasteiger partial charge on any atom is 0.132 e. The Hall–Kier alpha value is -1.94. The maximum absolute atomic E-state index is 4.25. The van der Waals surface area contributed by atoms with Gasteiger partial charge in [-0.2, -0.15) is 0 Å². The van der Waals surface area contributed by atoms with E-state index in [1.165, 1.54) is 5.56 Å². The van der Waals surface area contributed by atoms with Crippen LogP contribution in [0.25, 0.3) is 11.3 Å². The molecule has 0 aliphatic rings. The predicted octanol–water partition coefficient (Wildman–Crippen LogP) is 3.76. The zero-order valence-electron chi connectivity index (χ0n) is 10.2. The van der Waals surface area contributed by atoms with E-state index in [0.717, 1.165) is 15.9 Å². The Morgan fingerprint density at radius 2 is 1.53 bits per heavy atom. The van der Waals surface area contributed by atoms with Crippen LogP contribution in [-0.2, 0) is 6.54 Å². The number of rotatable bonds is 3. The van der Waals surface area contributed by atoms with Gasteiger partial charge in [-0.3, -0.25) is 0 Å². The second kappa shape index (κ2) is 5.36. The van der Waals surface area contributed by atoms with E-state index in [1.54, 1.807) is 0 Å². The van der Waals surface area contributed by atoms with E-state index >= 15 is 0 Å². The van der Waals surface area contributed by atoms with Gasteiger partial charge in [0.1, 0.15) is 10.3 Å². The maximum atomic E-state index is 4.25. The molecule has 94 valence electrons. The summed E-state index contributed by atoms with van der Waals surface area (Å²) in [7, 11) is 0. The standard InChI is InChI=1S/C15H12BrN3/c16-15-14(13-9-5-2-6-10-13)17-18-19(15)11-12-7-3-1-4-8-12/h1-10H,11H2. The van der Waals surface area contributed by atoms with Crippen molar-refractivity contribution in [1.29, 1.82) is 0 Å². The Labute approximate surface area is 120 Å². The van der Waals surface area contributed by atoms with Crippen LogP contribution < -0.4 is 0 Å². The van der Waals surface area contributed by atoms with Gasteiger partial charge in [0.25, 0.3) is 0 Å². The highest BCUT2D eigenvalue weighted by atomic mass is 79.9. The van der Waals surface area contributed by atoms with E-state index in [0.29, 0.717) is 6.54 Å². The number of benzene rings is 2. The molecule has 3 aromatic rings. The number of aromatic nitrogens is 3. The molecule has 4 heteroatoms. The lowest BCUT2D eigenvalue weighted by Gasteiger charge is -2.02. The summed E-state index contributed by atoms with van der Waals surface area (Å²) in [5.74, 6) is 0. The summed E-state index contributed by atoms with van der Waals surface area (Å²) in [6, 6.07) is 20.3. The van der Waals surface area contributed by atoms with Gasteiger partial charge in [0.15, 0.2) is 0 Å². The zero-order chi connectivity index (χ0) is 13.1. The number of hydrogen-bond donors (Lipinski definition) is 0. The first kappa shape index (κ1) is 12.1. The summed E-state index contributed by atoms with van der Waals surface area (Å²) in [6.07, 6.45) is 0. The molecule has 0 amide bonds. The van der Waals surface area contributed by atoms with Crippen molar-refractivity contribution in [3.8, 4) is 11.3 Å². The van der Waals surface area contributed by atoms with Gasteiger partial charge in [0.2, 0.25) is 0 Å². The van der Waals surface area contributed by atoms with Gasteiger partial charge < -0.3 is 0 Å². The largest absolute Gasteiger partial charge is 0.233 e. The Balaban J connectivity index is 1.92. The molecule has 0 spiro atoms. The molecule has 1 aromatic heterocycles. The molecular formula is C15H12BrN3. The Morgan fingerprint density at radius 3 is 2.21 bits per heavy atom. The SMILES string of the molecule is Brc1c(-c2ccccc2)nnn1Cc1ccccc1. The molecule has 0 saturated carbocycles. The van der Waals surface area contributed by atoms with Gasteiger partial charge in [-0.15, -0.1) is 5.10 Å². The summed E-state index contributed by atoms with van der Waals surface area (Å²) < 4.78 is 2.76. The fraction of sp³-hybridized carbons (Fsp3) is 0.0667. The molecule has 1 heterocycles. The highest BCUT2D eigenvalue weighted by Crippen LogP contribution is 2.25. The minimum atomic E-state index is 0.710. The number of halogens is 1. The van der Waals surface area contributed by atoms with Crippen LogP contribution in [0.5, 0.6) is 0 Å². The molecule has 0 aliphatic heterocycles. The lowest BCUT2D eigenvalue weighted by atomic mass is 10.2. The average molecular weight is 314 g/mol. The lowest BCUT2D eigenvalue weighted by Crippen LogP contribution is -2.01. The summed E-state index contributed by atoms with van der Waals surface area (Å²) in [4.78, 5) is 0. The summed E-state index contributed by atoms with van der Waals surface area (Å²) in [5.41, 5.74) is 3.14. The van der Waals surface area contributed by atoms with E-state index in [2.05, 4.69) is 38.4 Å². The highest BCUT2D eigenvalue weighted by Gasteiger charge is 2.11. The Bertz CT molecular complexity index is 662. The van der Waals surface area contributed by atoms with Crippen molar-refractivity contribution in [1.82, 2.24) is 15.0 Å². The molecule has 0 radical (unpaired) electrons. The molecule has 19 heavy (non-hydrogen) atoms. The van der Waals surface area contributed by atoms with Crippen LogP contribution in [-0.4, -0.2) is 15.0 Å². The molecule has 0 unspecified atom stereocenters. The van der Waals surface area contributed by atoms with Crippen molar-refractivity contribution < 1.29 is 0 Å². The van der Waals surface area contributed by atoms with Crippen LogP contribution in [0.2, 0.25) is 0 Å². The van der Waals surface area contributed by atoms with Crippen LogP contribution >= 0.6 is 15.9 Å². The first-order valence-corrected chi connectivity index (χ1v) is 6.82. The smallest absolute Gasteiger partial charge is 0.132 e. The van der Waals surface area contributed by atoms with E-state index in [-0.39, 0.29) is 0 Å². The number of hydrogen-bond acceptors (Lipinski definition) is 2. The van der Waals surface area contributed by atoms with Gasteiger partial charge in [0.05, 0.1) is 6.54 Å². The van der Waals surface area contributed by atoms with Crippen molar-refractivity contribution >= 4 is 15.9 Å². The molecular weight excluding hydrogens is 302 g/mol. The van der Waals surface area contributed by atoms with Gasteiger partial charge in [-0.25, -0.2) is 4.68 Å². The molecule has 0 saturated heterocycles. The van der Waals surface area contributed by atoms with Crippen molar-refractivity contribution in [2.24, 2.45) is 0 Å². The van der Waals surface area contributed by atoms with Gasteiger partial charge >= 0.3 is 0 Å². The molecule has 2 aromatic carbocycles. The summed E-state index contributed by atoms with van der Waals surface area (Å²) >= 11 is 3.58. The second-order valence-electron chi connectivity index (χ2n) is 4.24. The first-order chi connectivity index (χ1) is 9.34. The third-order valence-electron chi connectivity index (χ3n) is 2.90. The normalized spacial score (nSPS) is 10.6. The van der Waals surface area contributed by atoms with Crippen molar-refractivity contribution in [3.05, 3.63) is 70.8 Å².